The van der Waals surface area contributed by atoms with Crippen molar-refractivity contribution < 1.29 is 23.9 Å². The summed E-state index contributed by atoms with van der Waals surface area (Å²) in [6, 6.07) is 7.11. The third-order valence-electron chi connectivity index (χ3n) is 4.12. The number of hydrogen-bond acceptors (Lipinski definition) is 5. The van der Waals surface area contributed by atoms with E-state index in [1.54, 1.807) is 26.2 Å². The van der Waals surface area contributed by atoms with Gasteiger partial charge in [0.15, 0.2) is 5.75 Å². The van der Waals surface area contributed by atoms with E-state index >= 15 is 0 Å². The van der Waals surface area contributed by atoms with E-state index < -0.39 is 11.9 Å². The van der Waals surface area contributed by atoms with Crippen molar-refractivity contribution in [2.75, 3.05) is 32.6 Å². The zero-order valence-corrected chi connectivity index (χ0v) is 17.3. The lowest BCUT2D eigenvalue weighted by Gasteiger charge is -2.18. The highest BCUT2D eigenvalue weighted by Crippen LogP contribution is 2.40. The van der Waals surface area contributed by atoms with Gasteiger partial charge in [0.1, 0.15) is 18.0 Å². The van der Waals surface area contributed by atoms with Crippen LogP contribution in [0, 0.1) is 0 Å². The zero-order chi connectivity index (χ0) is 21.3. The molecule has 1 aliphatic heterocycles. The summed E-state index contributed by atoms with van der Waals surface area (Å²) in [7, 11) is 4.72. The van der Waals surface area contributed by atoms with Gasteiger partial charge in [-0.1, -0.05) is 23.2 Å². The minimum atomic E-state index is -0.558. The molecule has 0 unspecified atom stereocenters. The predicted octanol–water partition coefficient (Wildman–Crippen LogP) is 3.55. The van der Waals surface area contributed by atoms with Crippen molar-refractivity contribution in [1.29, 1.82) is 0 Å². The van der Waals surface area contributed by atoms with Crippen molar-refractivity contribution in [3.63, 3.8) is 0 Å². The topological polar surface area (TPSA) is 88.2 Å². The van der Waals surface area contributed by atoms with Crippen molar-refractivity contribution in [2.45, 2.75) is 0 Å². The highest BCUT2D eigenvalue weighted by Gasteiger charge is 2.29. The quantitative estimate of drug-likeness (QED) is 0.722. The Kier molecular flexibility index (Phi) is 5.86. The first kappa shape index (κ1) is 20.8. The van der Waals surface area contributed by atoms with Crippen LogP contribution in [0.2, 0.25) is 10.0 Å². The highest BCUT2D eigenvalue weighted by molar-refractivity contribution is 6.38. The Hall–Kier alpha value is -2.97. The second-order valence-electron chi connectivity index (χ2n) is 6.34. The van der Waals surface area contributed by atoms with Gasteiger partial charge in [0, 0.05) is 19.8 Å². The average Bonchev–Trinajstić information content (AvgIpc) is 3.01. The number of ether oxygens (including phenoxy) is 2. The third kappa shape index (κ3) is 4.23. The Labute approximate surface area is 176 Å². The number of carbonyl (C=O) groups is 3. The van der Waals surface area contributed by atoms with E-state index in [1.807, 2.05) is 0 Å². The Morgan fingerprint density at radius 1 is 1.14 bits per heavy atom. The molecule has 1 saturated heterocycles. The number of halogens is 2. The number of anilines is 1. The molecule has 0 radical (unpaired) electrons. The maximum atomic E-state index is 12.4. The number of amides is 4. The second kappa shape index (κ2) is 8.18. The van der Waals surface area contributed by atoms with Crippen LogP contribution in [0.3, 0.4) is 0 Å². The maximum absolute atomic E-state index is 12.4. The van der Waals surface area contributed by atoms with Crippen LogP contribution in [-0.4, -0.2) is 50.5 Å². The van der Waals surface area contributed by atoms with Crippen LogP contribution in [0.1, 0.15) is 10.4 Å². The van der Waals surface area contributed by atoms with E-state index in [0.29, 0.717) is 22.7 Å². The summed E-state index contributed by atoms with van der Waals surface area (Å²) < 4.78 is 11.0. The summed E-state index contributed by atoms with van der Waals surface area (Å²) in [5.74, 6) is 0.190. The fourth-order valence-electron chi connectivity index (χ4n) is 2.73. The van der Waals surface area contributed by atoms with E-state index in [1.165, 1.54) is 35.1 Å². The monoisotopic (exact) mass is 437 g/mol. The maximum Gasteiger partial charge on any atom is 0.329 e. The number of imide groups is 1. The summed E-state index contributed by atoms with van der Waals surface area (Å²) in [4.78, 5) is 38.2. The molecule has 1 aliphatic rings. The molecule has 1 heterocycles. The first-order valence-corrected chi connectivity index (χ1v) is 9.14. The van der Waals surface area contributed by atoms with Crippen LogP contribution in [0.5, 0.6) is 17.2 Å². The predicted molar refractivity (Wildman–Crippen MR) is 108 cm³/mol. The number of hydrogen-bond donors (Lipinski definition) is 1. The van der Waals surface area contributed by atoms with E-state index in [2.05, 4.69) is 5.32 Å². The molecule has 1 fully saturated rings. The van der Waals surface area contributed by atoms with Crippen molar-refractivity contribution in [3.8, 4) is 17.2 Å². The fourth-order valence-corrected chi connectivity index (χ4v) is 3.28. The lowest BCUT2D eigenvalue weighted by atomic mass is 10.1. The molecule has 3 rings (SSSR count). The minimum Gasteiger partial charge on any atom is -0.496 e. The summed E-state index contributed by atoms with van der Waals surface area (Å²) in [6.07, 6.45) is 0. The van der Waals surface area contributed by atoms with Gasteiger partial charge < -0.3 is 14.4 Å². The number of methoxy groups -OCH3 is 1. The lowest BCUT2D eigenvalue weighted by Crippen LogP contribution is -2.27. The van der Waals surface area contributed by atoms with Gasteiger partial charge in [0.2, 0.25) is 5.91 Å². The molecule has 0 saturated carbocycles. The van der Waals surface area contributed by atoms with Gasteiger partial charge >= 0.3 is 6.03 Å². The van der Waals surface area contributed by atoms with Gasteiger partial charge in [-0.15, -0.1) is 0 Å². The van der Waals surface area contributed by atoms with Gasteiger partial charge in [-0.25, -0.2) is 4.79 Å². The van der Waals surface area contributed by atoms with Gasteiger partial charge in [-0.05, 0) is 30.3 Å². The van der Waals surface area contributed by atoms with Crippen molar-refractivity contribution in [2.24, 2.45) is 0 Å². The fraction of sp³-hybridized carbons (Fsp3) is 0.211. The molecular weight excluding hydrogens is 421 g/mol. The first-order chi connectivity index (χ1) is 13.7. The van der Waals surface area contributed by atoms with Gasteiger partial charge in [0.25, 0.3) is 5.91 Å². The molecule has 2 aromatic rings. The largest absolute Gasteiger partial charge is 0.496 e. The number of nitrogens with zero attached hydrogens (tertiary/aromatic N) is 2. The molecule has 0 bridgehead atoms. The molecule has 8 nitrogen and oxygen atoms in total. The van der Waals surface area contributed by atoms with Crippen molar-refractivity contribution in [1.82, 2.24) is 10.2 Å². The standard InChI is InChI=1S/C19H17Cl2N3O5/c1-23(2)18(26)12-8-11(4-5-15(12)28-3)29-17-13(20)6-10(7-14(17)21)24-9-16(25)22-19(24)27/h4-8H,9H2,1-3H3,(H,22,25,27). The van der Waals surface area contributed by atoms with Crippen LogP contribution >= 0.6 is 23.2 Å². The van der Waals surface area contributed by atoms with E-state index in [4.69, 9.17) is 32.7 Å². The van der Waals surface area contributed by atoms with Crippen LogP contribution in [0.15, 0.2) is 30.3 Å². The summed E-state index contributed by atoms with van der Waals surface area (Å²) in [5.41, 5.74) is 0.667. The molecule has 0 spiro atoms. The van der Waals surface area contributed by atoms with Crippen molar-refractivity contribution in [3.05, 3.63) is 45.9 Å². The Morgan fingerprint density at radius 3 is 2.31 bits per heavy atom. The van der Waals surface area contributed by atoms with Gasteiger partial charge in [-0.2, -0.15) is 0 Å². The van der Waals surface area contributed by atoms with Crippen LogP contribution in [-0.2, 0) is 4.79 Å². The third-order valence-corrected chi connectivity index (χ3v) is 4.68. The van der Waals surface area contributed by atoms with Crippen LogP contribution in [0.4, 0.5) is 10.5 Å². The molecule has 0 atom stereocenters. The smallest absolute Gasteiger partial charge is 0.329 e. The van der Waals surface area contributed by atoms with Gasteiger partial charge in [0.05, 0.1) is 22.7 Å². The number of rotatable bonds is 5. The highest BCUT2D eigenvalue weighted by atomic mass is 35.5. The van der Waals surface area contributed by atoms with Crippen molar-refractivity contribution >= 4 is 46.7 Å². The summed E-state index contributed by atoms with van der Waals surface area (Å²) in [5, 5.41) is 2.45. The summed E-state index contributed by atoms with van der Waals surface area (Å²) >= 11 is 12.6. The molecule has 0 aliphatic carbocycles. The lowest BCUT2D eigenvalue weighted by molar-refractivity contribution is -0.117. The van der Waals surface area contributed by atoms with E-state index in [9.17, 15) is 14.4 Å². The molecule has 152 valence electrons. The number of urea groups is 1. The van der Waals surface area contributed by atoms with Gasteiger partial charge in [-0.3, -0.25) is 19.8 Å². The summed E-state index contributed by atoms with van der Waals surface area (Å²) in [6.45, 7) is -0.125. The molecule has 29 heavy (non-hydrogen) atoms. The van der Waals surface area contributed by atoms with E-state index in [-0.39, 0.29) is 28.2 Å². The van der Waals surface area contributed by atoms with E-state index in [0.717, 1.165) is 0 Å². The number of nitrogens with one attached hydrogen (secondary N) is 1. The molecule has 1 N–H and O–H groups in total. The Morgan fingerprint density at radius 2 is 1.79 bits per heavy atom. The number of benzene rings is 2. The second-order valence-corrected chi connectivity index (χ2v) is 7.16. The average molecular weight is 438 g/mol. The van der Waals surface area contributed by atoms with Crippen LogP contribution < -0.4 is 19.7 Å². The Bertz CT molecular complexity index is 986. The Balaban J connectivity index is 1.93. The minimum absolute atomic E-state index is 0.125. The zero-order valence-electron chi connectivity index (χ0n) is 15.8. The first-order valence-electron chi connectivity index (χ1n) is 8.39. The molecule has 10 heteroatoms. The molecule has 4 amide bonds. The number of carbonyl (C=O) groups excluding carboxylic acids is 3. The normalized spacial score (nSPS) is 13.3. The van der Waals surface area contributed by atoms with Crippen LogP contribution in [0.25, 0.3) is 0 Å². The molecule has 2 aromatic carbocycles. The molecular formula is C19H17Cl2N3O5. The SMILES string of the molecule is COc1ccc(Oc2c(Cl)cc(N3CC(=O)NC3=O)cc2Cl)cc1C(=O)N(C)C. The molecule has 0 aromatic heterocycles.